The molecule has 3 aromatic carbocycles. The molecule has 6 rings (SSSR count). The second-order valence-electron chi connectivity index (χ2n) is 13.7. The highest BCUT2D eigenvalue weighted by Gasteiger charge is 2.33. The number of aliphatic carboxylic acids is 1. The molecule has 3 heterocycles. The number of alkyl halides is 3. The maximum absolute atomic E-state index is 14.8. The first kappa shape index (κ1) is 34.6. The number of hydrogen-bond acceptors (Lipinski definition) is 4. The van der Waals surface area contributed by atoms with Gasteiger partial charge < -0.3 is 14.4 Å². The number of benzene rings is 3. The number of fused-ring (bicyclic) bond motifs is 2. The highest BCUT2D eigenvalue weighted by Crippen LogP contribution is 2.37. The highest BCUT2D eigenvalue weighted by molar-refractivity contribution is 5.88. The van der Waals surface area contributed by atoms with Crippen LogP contribution in [-0.4, -0.2) is 25.6 Å². The normalized spacial score (nSPS) is 12.3. The van der Waals surface area contributed by atoms with E-state index >= 15 is 0 Å². The minimum atomic E-state index is -4.51. The molecule has 3 aromatic heterocycles. The van der Waals surface area contributed by atoms with E-state index in [2.05, 4.69) is 28.4 Å². The Balaban J connectivity index is 1.36. The standard InChI is InChI=1S/C40H37F4N3O3/c1-24(2)17-31-32-19-29(50-23-28-18-33(41)30-7-5-6-8-34(30)46-28)14-15-35(32)47(36(31)20-39(3,4)38(48)49)22-25-9-11-26(12-10-25)27-13-16-37(45-21-27)40(42,43)44/h5-16,18-19,21,24H,17,20,22-23H2,1-4H3,(H,48,49). The quantitative estimate of drug-likeness (QED) is 0.138. The number of para-hydroxylation sites is 1. The van der Waals surface area contributed by atoms with E-state index in [1.165, 1.54) is 18.3 Å². The van der Waals surface area contributed by atoms with Crippen molar-refractivity contribution in [3.8, 4) is 16.9 Å². The van der Waals surface area contributed by atoms with Crippen molar-refractivity contribution in [2.45, 2.75) is 59.9 Å². The molecule has 0 saturated carbocycles. The van der Waals surface area contributed by atoms with Crippen molar-refractivity contribution in [1.82, 2.24) is 14.5 Å². The van der Waals surface area contributed by atoms with E-state index in [0.29, 0.717) is 40.9 Å². The minimum absolute atomic E-state index is 0.0627. The zero-order chi connectivity index (χ0) is 35.8. The summed E-state index contributed by atoms with van der Waals surface area (Å²) in [5, 5.41) is 11.5. The van der Waals surface area contributed by atoms with Crippen LogP contribution in [0.25, 0.3) is 32.9 Å². The molecule has 10 heteroatoms. The fourth-order valence-electron chi connectivity index (χ4n) is 6.19. The van der Waals surface area contributed by atoms with Crippen molar-refractivity contribution in [3.63, 3.8) is 0 Å². The lowest BCUT2D eigenvalue weighted by atomic mass is 9.85. The Morgan fingerprint density at radius 2 is 1.64 bits per heavy atom. The van der Waals surface area contributed by atoms with E-state index in [1.54, 1.807) is 32.0 Å². The van der Waals surface area contributed by atoms with Crippen LogP contribution in [0.3, 0.4) is 0 Å². The Morgan fingerprint density at radius 1 is 0.920 bits per heavy atom. The van der Waals surface area contributed by atoms with E-state index in [0.717, 1.165) is 39.4 Å². The van der Waals surface area contributed by atoms with Gasteiger partial charge in [0.15, 0.2) is 0 Å². The first-order valence-electron chi connectivity index (χ1n) is 16.4. The van der Waals surface area contributed by atoms with Gasteiger partial charge in [-0.05, 0) is 85.3 Å². The number of carbonyl (C=O) groups is 1. The van der Waals surface area contributed by atoms with Crippen LogP contribution in [0, 0.1) is 17.2 Å². The Kier molecular flexibility index (Phi) is 9.39. The summed E-state index contributed by atoms with van der Waals surface area (Å²) in [4.78, 5) is 20.5. The van der Waals surface area contributed by atoms with Crippen LogP contribution in [0.5, 0.6) is 5.75 Å². The Bertz CT molecular complexity index is 2170. The fourth-order valence-corrected chi connectivity index (χ4v) is 6.19. The molecule has 0 fully saturated rings. The van der Waals surface area contributed by atoms with Crippen LogP contribution >= 0.6 is 0 Å². The summed E-state index contributed by atoms with van der Waals surface area (Å²) in [5.74, 6) is -0.422. The van der Waals surface area contributed by atoms with Crippen molar-refractivity contribution >= 4 is 27.8 Å². The average molecular weight is 684 g/mol. The molecule has 0 bridgehead atoms. The van der Waals surface area contributed by atoms with Crippen molar-refractivity contribution < 1.29 is 32.2 Å². The van der Waals surface area contributed by atoms with Crippen LogP contribution in [-0.2, 0) is 37.0 Å². The molecule has 1 N–H and O–H groups in total. The number of ether oxygens (including phenoxy) is 1. The van der Waals surface area contributed by atoms with Gasteiger partial charge in [-0.2, -0.15) is 13.2 Å². The number of hydrogen-bond donors (Lipinski definition) is 1. The number of pyridine rings is 2. The van der Waals surface area contributed by atoms with E-state index in [-0.39, 0.29) is 24.8 Å². The van der Waals surface area contributed by atoms with Gasteiger partial charge >= 0.3 is 12.1 Å². The minimum Gasteiger partial charge on any atom is -0.487 e. The Labute approximate surface area is 287 Å². The summed E-state index contributed by atoms with van der Waals surface area (Å²) in [6.07, 6.45) is -2.31. The van der Waals surface area contributed by atoms with Gasteiger partial charge in [-0.15, -0.1) is 0 Å². The predicted molar refractivity (Wildman–Crippen MR) is 185 cm³/mol. The van der Waals surface area contributed by atoms with Gasteiger partial charge in [-0.3, -0.25) is 9.78 Å². The number of halogens is 4. The molecular formula is C40H37F4N3O3. The average Bonchev–Trinajstić information content (AvgIpc) is 3.33. The monoisotopic (exact) mass is 683 g/mol. The van der Waals surface area contributed by atoms with Crippen molar-refractivity contribution in [1.29, 1.82) is 0 Å². The summed E-state index contributed by atoms with van der Waals surface area (Å²) in [7, 11) is 0. The summed E-state index contributed by atoms with van der Waals surface area (Å²) in [5.41, 5.74) is 4.09. The third-order valence-corrected chi connectivity index (χ3v) is 8.85. The van der Waals surface area contributed by atoms with E-state index in [9.17, 15) is 27.5 Å². The van der Waals surface area contributed by atoms with Gasteiger partial charge in [0.25, 0.3) is 0 Å². The summed E-state index contributed by atoms with van der Waals surface area (Å²) in [6.45, 7) is 8.16. The molecular weight excluding hydrogens is 646 g/mol. The first-order chi connectivity index (χ1) is 23.7. The second-order valence-corrected chi connectivity index (χ2v) is 13.7. The van der Waals surface area contributed by atoms with Gasteiger partial charge in [0.2, 0.25) is 0 Å². The van der Waals surface area contributed by atoms with Crippen LogP contribution in [0.2, 0.25) is 0 Å². The maximum Gasteiger partial charge on any atom is 0.433 e. The van der Waals surface area contributed by atoms with Gasteiger partial charge in [0.1, 0.15) is 23.9 Å². The lowest BCUT2D eigenvalue weighted by molar-refractivity contribution is -0.147. The number of carboxylic acids is 1. The van der Waals surface area contributed by atoms with Crippen molar-refractivity contribution in [3.05, 3.63) is 125 Å². The zero-order valence-corrected chi connectivity index (χ0v) is 28.2. The topological polar surface area (TPSA) is 77.2 Å². The number of aromatic nitrogens is 3. The first-order valence-corrected chi connectivity index (χ1v) is 16.4. The number of nitrogens with zero attached hydrogens (tertiary/aromatic N) is 3. The van der Waals surface area contributed by atoms with Gasteiger partial charge in [0, 0.05) is 46.7 Å². The molecule has 0 aliphatic rings. The highest BCUT2D eigenvalue weighted by atomic mass is 19.4. The molecule has 0 aliphatic heterocycles. The molecule has 0 aliphatic carbocycles. The molecule has 6 aromatic rings. The van der Waals surface area contributed by atoms with E-state index in [4.69, 9.17) is 4.74 Å². The molecule has 0 spiro atoms. The number of rotatable bonds is 11. The van der Waals surface area contributed by atoms with E-state index in [1.807, 2.05) is 48.5 Å². The Morgan fingerprint density at radius 3 is 2.30 bits per heavy atom. The van der Waals surface area contributed by atoms with Gasteiger partial charge in [-0.1, -0.05) is 56.3 Å². The van der Waals surface area contributed by atoms with Crippen molar-refractivity contribution in [2.24, 2.45) is 11.3 Å². The Hall–Kier alpha value is -5.25. The number of carboxylic acid groups (broad SMARTS) is 1. The lowest BCUT2D eigenvalue weighted by Crippen LogP contribution is -2.28. The summed E-state index contributed by atoms with van der Waals surface area (Å²) < 4.78 is 62.1. The molecule has 0 radical (unpaired) electrons. The van der Waals surface area contributed by atoms with Crippen LogP contribution in [0.1, 0.15) is 55.9 Å². The van der Waals surface area contributed by atoms with Gasteiger partial charge in [-0.25, -0.2) is 9.37 Å². The maximum atomic E-state index is 14.8. The molecule has 258 valence electrons. The van der Waals surface area contributed by atoms with Crippen LogP contribution in [0.4, 0.5) is 17.6 Å². The van der Waals surface area contributed by atoms with Crippen LogP contribution < -0.4 is 4.74 Å². The van der Waals surface area contributed by atoms with Gasteiger partial charge in [0.05, 0.1) is 16.6 Å². The summed E-state index contributed by atoms with van der Waals surface area (Å²) in [6, 6.07) is 24.1. The molecule has 6 nitrogen and oxygen atoms in total. The van der Waals surface area contributed by atoms with Crippen molar-refractivity contribution in [2.75, 3.05) is 0 Å². The largest absolute Gasteiger partial charge is 0.487 e. The smallest absolute Gasteiger partial charge is 0.433 e. The SMILES string of the molecule is CC(C)Cc1c(CC(C)(C)C(=O)O)n(Cc2ccc(-c3ccc(C(F)(F)F)nc3)cc2)c2ccc(OCc3cc(F)c4ccccc4n3)cc12. The molecule has 0 amide bonds. The molecule has 0 unspecified atom stereocenters. The lowest BCUT2D eigenvalue weighted by Gasteiger charge is -2.22. The third-order valence-electron chi connectivity index (χ3n) is 8.85. The zero-order valence-electron chi connectivity index (χ0n) is 28.2. The molecule has 0 atom stereocenters. The van der Waals surface area contributed by atoms with Crippen LogP contribution in [0.15, 0.2) is 91.1 Å². The fraction of sp³-hybridized carbons (Fsp3) is 0.275. The summed E-state index contributed by atoms with van der Waals surface area (Å²) >= 11 is 0. The predicted octanol–water partition coefficient (Wildman–Crippen LogP) is 9.89. The van der Waals surface area contributed by atoms with E-state index < -0.39 is 23.3 Å². The molecule has 0 saturated heterocycles. The second kappa shape index (κ2) is 13.6. The molecule has 50 heavy (non-hydrogen) atoms. The third kappa shape index (κ3) is 7.34.